The van der Waals surface area contributed by atoms with Crippen molar-refractivity contribution in [1.29, 1.82) is 0 Å². The second kappa shape index (κ2) is 4.22. The fourth-order valence-electron chi connectivity index (χ4n) is 1.58. The Morgan fingerprint density at radius 1 is 1.31 bits per heavy atom. The summed E-state index contributed by atoms with van der Waals surface area (Å²) in [6, 6.07) is 7.72. The van der Waals surface area contributed by atoms with Crippen LogP contribution in [0.4, 0.5) is 0 Å². The van der Waals surface area contributed by atoms with Gasteiger partial charge >= 0.3 is 0 Å². The highest BCUT2D eigenvalue weighted by Crippen LogP contribution is 2.21. The van der Waals surface area contributed by atoms with Gasteiger partial charge in [-0.25, -0.2) is 8.42 Å². The van der Waals surface area contributed by atoms with E-state index in [4.69, 9.17) is 0 Å². The van der Waals surface area contributed by atoms with E-state index in [1.165, 1.54) is 0 Å². The summed E-state index contributed by atoms with van der Waals surface area (Å²) >= 11 is 3.38. The lowest BCUT2D eigenvalue weighted by molar-refractivity contribution is 0.596. The predicted molar refractivity (Wildman–Crippen MR) is 69.2 cm³/mol. The van der Waals surface area contributed by atoms with Gasteiger partial charge in [0.1, 0.15) is 0 Å². The second-order valence-corrected chi connectivity index (χ2v) is 6.97. The van der Waals surface area contributed by atoms with Crippen molar-refractivity contribution in [1.82, 2.24) is 4.98 Å². The number of hydrogen-bond donors (Lipinski definition) is 1. The summed E-state index contributed by atoms with van der Waals surface area (Å²) < 4.78 is 23.9. The molecule has 1 aromatic carbocycles. The van der Waals surface area contributed by atoms with E-state index in [1.807, 2.05) is 24.3 Å². The Morgan fingerprint density at radius 3 is 2.75 bits per heavy atom. The summed E-state index contributed by atoms with van der Waals surface area (Å²) in [5.41, 5.74) is 1.70. The van der Waals surface area contributed by atoms with Crippen molar-refractivity contribution >= 4 is 36.7 Å². The van der Waals surface area contributed by atoms with Gasteiger partial charge in [-0.2, -0.15) is 0 Å². The molecule has 2 rings (SSSR count). The van der Waals surface area contributed by atoms with E-state index < -0.39 is 9.84 Å². The average molecular weight is 302 g/mol. The van der Waals surface area contributed by atoms with E-state index in [-0.39, 0.29) is 11.5 Å². The Hall–Kier alpha value is -0.810. The summed E-state index contributed by atoms with van der Waals surface area (Å²) in [5.74, 6) is 0.252. The molecular weight excluding hydrogens is 290 g/mol. The van der Waals surface area contributed by atoms with Gasteiger partial charge in [0.25, 0.3) is 0 Å². The molecule has 0 unspecified atom stereocenters. The molecule has 0 amide bonds. The van der Waals surface area contributed by atoms with E-state index in [0.29, 0.717) is 0 Å². The predicted octanol–water partition coefficient (Wildman–Crippen LogP) is 2.87. The lowest BCUT2D eigenvalue weighted by Crippen LogP contribution is -2.06. The molecule has 0 atom stereocenters. The molecule has 0 fully saturated rings. The fourth-order valence-corrected chi connectivity index (χ4v) is 2.77. The molecule has 5 heteroatoms. The lowest BCUT2D eigenvalue weighted by atomic mass is 10.2. The first kappa shape index (κ1) is 11.7. The zero-order valence-electron chi connectivity index (χ0n) is 8.83. The summed E-state index contributed by atoms with van der Waals surface area (Å²) in [6.45, 7) is 1.66. The van der Waals surface area contributed by atoms with Crippen LogP contribution < -0.4 is 0 Å². The molecule has 16 heavy (non-hydrogen) atoms. The highest BCUT2D eigenvalue weighted by atomic mass is 79.9. The van der Waals surface area contributed by atoms with Crippen LogP contribution in [0.3, 0.4) is 0 Å². The third-order valence-corrected chi connectivity index (χ3v) is 4.58. The third-order valence-electron chi connectivity index (χ3n) is 2.46. The standard InChI is InChI=1S/C11H12BrNO2S/c1-2-16(14,15)7-10-5-8-3-4-9(12)6-11(8)13-10/h3-6,13H,2,7H2,1H3. The van der Waals surface area contributed by atoms with Crippen LogP contribution in [0.15, 0.2) is 28.7 Å². The zero-order valence-corrected chi connectivity index (χ0v) is 11.2. The maximum Gasteiger partial charge on any atom is 0.155 e. The summed E-state index contributed by atoms with van der Waals surface area (Å²) in [4.78, 5) is 3.12. The van der Waals surface area contributed by atoms with Crippen molar-refractivity contribution in [3.8, 4) is 0 Å². The van der Waals surface area contributed by atoms with E-state index >= 15 is 0 Å². The van der Waals surface area contributed by atoms with Crippen LogP contribution in [0.1, 0.15) is 12.6 Å². The third kappa shape index (κ3) is 2.47. The molecule has 2 aromatic rings. The molecular formula is C11H12BrNO2S. The minimum Gasteiger partial charge on any atom is -0.358 e. The monoisotopic (exact) mass is 301 g/mol. The van der Waals surface area contributed by atoms with Gasteiger partial charge in [0.2, 0.25) is 0 Å². The van der Waals surface area contributed by atoms with Crippen molar-refractivity contribution in [3.05, 3.63) is 34.4 Å². The SMILES string of the molecule is CCS(=O)(=O)Cc1cc2ccc(Br)cc2[nH]1. The maximum atomic E-state index is 11.5. The number of aromatic amines is 1. The molecule has 3 nitrogen and oxygen atoms in total. The van der Waals surface area contributed by atoms with Gasteiger partial charge in [0.15, 0.2) is 9.84 Å². The van der Waals surface area contributed by atoms with Crippen molar-refractivity contribution in [2.45, 2.75) is 12.7 Å². The molecule has 86 valence electrons. The topological polar surface area (TPSA) is 49.9 Å². The first-order chi connectivity index (χ1) is 7.50. The van der Waals surface area contributed by atoms with Crippen molar-refractivity contribution in [3.63, 3.8) is 0 Å². The molecule has 0 aliphatic rings. The van der Waals surface area contributed by atoms with E-state index in [2.05, 4.69) is 20.9 Å². The first-order valence-corrected chi connectivity index (χ1v) is 7.59. The molecule has 0 saturated carbocycles. The Balaban J connectivity index is 2.40. The largest absolute Gasteiger partial charge is 0.358 e. The highest BCUT2D eigenvalue weighted by molar-refractivity contribution is 9.10. The number of nitrogens with one attached hydrogen (secondary N) is 1. The van der Waals surface area contributed by atoms with Crippen molar-refractivity contribution in [2.24, 2.45) is 0 Å². The molecule has 1 heterocycles. The Morgan fingerprint density at radius 2 is 2.06 bits per heavy atom. The summed E-state index contributed by atoms with van der Waals surface area (Å²) in [7, 11) is -2.97. The van der Waals surface area contributed by atoms with Crippen LogP contribution in [-0.2, 0) is 15.6 Å². The van der Waals surface area contributed by atoms with Crippen LogP contribution in [0, 0.1) is 0 Å². The van der Waals surface area contributed by atoms with Crippen LogP contribution in [0.2, 0.25) is 0 Å². The maximum absolute atomic E-state index is 11.5. The van der Waals surface area contributed by atoms with Crippen molar-refractivity contribution < 1.29 is 8.42 Å². The molecule has 0 bridgehead atoms. The van der Waals surface area contributed by atoms with Gasteiger partial charge in [-0.1, -0.05) is 28.9 Å². The average Bonchev–Trinajstić information content (AvgIpc) is 2.58. The van der Waals surface area contributed by atoms with Gasteiger partial charge in [0, 0.05) is 21.4 Å². The Kier molecular flexibility index (Phi) is 3.08. The molecule has 0 saturated heterocycles. The number of benzene rings is 1. The number of halogens is 1. The van der Waals surface area contributed by atoms with Gasteiger partial charge < -0.3 is 4.98 Å². The molecule has 0 radical (unpaired) electrons. The van der Waals surface area contributed by atoms with E-state index in [0.717, 1.165) is 21.1 Å². The molecule has 0 spiro atoms. The fraction of sp³-hybridized carbons (Fsp3) is 0.273. The summed E-state index contributed by atoms with van der Waals surface area (Å²) in [6.07, 6.45) is 0. The minimum absolute atomic E-state index is 0.0792. The van der Waals surface area contributed by atoms with Crippen LogP contribution in [0.25, 0.3) is 10.9 Å². The number of sulfone groups is 1. The van der Waals surface area contributed by atoms with Crippen LogP contribution in [0.5, 0.6) is 0 Å². The number of hydrogen-bond acceptors (Lipinski definition) is 2. The molecule has 0 aliphatic carbocycles. The normalized spacial score (nSPS) is 12.1. The quantitative estimate of drug-likeness (QED) is 0.948. The second-order valence-electron chi connectivity index (χ2n) is 3.70. The van der Waals surface area contributed by atoms with Gasteiger partial charge in [0.05, 0.1) is 5.75 Å². The zero-order chi connectivity index (χ0) is 11.8. The Labute approximate surface area is 103 Å². The first-order valence-electron chi connectivity index (χ1n) is 4.98. The van der Waals surface area contributed by atoms with Gasteiger partial charge in [-0.05, 0) is 23.6 Å². The van der Waals surface area contributed by atoms with Crippen molar-refractivity contribution in [2.75, 3.05) is 5.75 Å². The highest BCUT2D eigenvalue weighted by Gasteiger charge is 2.11. The minimum atomic E-state index is -2.97. The number of H-pyrrole nitrogens is 1. The van der Waals surface area contributed by atoms with Crippen LogP contribution in [-0.4, -0.2) is 19.2 Å². The number of aromatic nitrogens is 1. The van der Waals surface area contributed by atoms with Crippen LogP contribution >= 0.6 is 15.9 Å². The summed E-state index contributed by atoms with van der Waals surface area (Å²) in [5, 5.41) is 1.03. The molecule has 0 aliphatic heterocycles. The molecule has 1 N–H and O–H groups in total. The Bertz CT molecular complexity index is 616. The van der Waals surface area contributed by atoms with Gasteiger partial charge in [-0.3, -0.25) is 0 Å². The van der Waals surface area contributed by atoms with Gasteiger partial charge in [-0.15, -0.1) is 0 Å². The molecule has 1 aromatic heterocycles. The number of fused-ring (bicyclic) bond motifs is 1. The van der Waals surface area contributed by atoms with E-state index in [1.54, 1.807) is 6.92 Å². The lowest BCUT2D eigenvalue weighted by Gasteiger charge is -1.97. The van der Waals surface area contributed by atoms with E-state index in [9.17, 15) is 8.42 Å². The number of rotatable bonds is 3. The smallest absolute Gasteiger partial charge is 0.155 e.